The lowest BCUT2D eigenvalue weighted by Gasteiger charge is -2.35. The number of thiocarbonyl (C=S) groups is 1. The largest absolute Gasteiger partial charge is 0.352 e. The van der Waals surface area contributed by atoms with Gasteiger partial charge in [-0.25, -0.2) is 0 Å². The first-order valence-electron chi connectivity index (χ1n) is 11.0. The Kier molecular flexibility index (Phi) is 5.10. The van der Waals surface area contributed by atoms with Gasteiger partial charge in [0.15, 0.2) is 5.11 Å². The summed E-state index contributed by atoms with van der Waals surface area (Å²) < 4.78 is 2.57. The lowest BCUT2D eigenvalue weighted by atomic mass is 9.94. The molecule has 1 N–H and O–H groups in total. The Morgan fingerprint density at radius 1 is 0.893 bits per heavy atom. The lowest BCUT2D eigenvalue weighted by molar-refractivity contribution is 0.227. The molecule has 0 unspecified atom stereocenters. The van der Waals surface area contributed by atoms with E-state index in [-0.39, 0.29) is 12.1 Å². The summed E-state index contributed by atoms with van der Waals surface area (Å²) in [5, 5.41) is 4.55. The molecular formula is C23H30N4S. The van der Waals surface area contributed by atoms with Crippen LogP contribution in [0.4, 0.5) is 0 Å². The number of pyridine rings is 1. The van der Waals surface area contributed by atoms with E-state index in [0.29, 0.717) is 12.1 Å². The van der Waals surface area contributed by atoms with Gasteiger partial charge in [-0.05, 0) is 62.2 Å². The zero-order valence-electron chi connectivity index (χ0n) is 16.5. The van der Waals surface area contributed by atoms with Gasteiger partial charge in [-0.15, -0.1) is 0 Å². The number of hydrogen-bond acceptors (Lipinski definition) is 2. The smallest absolute Gasteiger partial charge is 0.170 e. The highest BCUT2D eigenvalue weighted by molar-refractivity contribution is 7.80. The summed E-state index contributed by atoms with van der Waals surface area (Å²) in [6, 6.07) is 12.3. The van der Waals surface area contributed by atoms with E-state index < -0.39 is 0 Å². The summed E-state index contributed by atoms with van der Waals surface area (Å²) in [4.78, 5) is 7.22. The van der Waals surface area contributed by atoms with Crippen molar-refractivity contribution in [1.29, 1.82) is 0 Å². The van der Waals surface area contributed by atoms with Crippen LogP contribution >= 0.6 is 12.2 Å². The van der Waals surface area contributed by atoms with Crippen molar-refractivity contribution in [3.63, 3.8) is 0 Å². The predicted molar refractivity (Wildman–Crippen MR) is 116 cm³/mol. The van der Waals surface area contributed by atoms with Crippen molar-refractivity contribution < 1.29 is 0 Å². The van der Waals surface area contributed by atoms with Crippen molar-refractivity contribution in [3.8, 4) is 0 Å². The van der Waals surface area contributed by atoms with Gasteiger partial charge < -0.3 is 14.8 Å². The Labute approximate surface area is 173 Å². The van der Waals surface area contributed by atoms with Crippen molar-refractivity contribution in [1.82, 2.24) is 19.8 Å². The zero-order valence-corrected chi connectivity index (χ0v) is 17.3. The van der Waals surface area contributed by atoms with E-state index in [1.54, 1.807) is 0 Å². The fourth-order valence-corrected chi connectivity index (χ4v) is 6.00. The van der Waals surface area contributed by atoms with E-state index >= 15 is 0 Å². The average Bonchev–Trinajstić information content (AvgIpc) is 3.48. The van der Waals surface area contributed by atoms with Crippen molar-refractivity contribution in [2.75, 3.05) is 0 Å². The molecule has 1 aliphatic heterocycles. The SMILES string of the molecule is S=C1N[C@@H](c2ccccn2)[C@@H](c2cccn2C2CCCCC2)N1C1CCCC1. The first-order valence-corrected chi connectivity index (χ1v) is 11.4. The molecular weight excluding hydrogens is 364 g/mol. The van der Waals surface area contributed by atoms with E-state index in [1.807, 2.05) is 12.3 Å². The lowest BCUT2D eigenvalue weighted by Crippen LogP contribution is -2.38. The summed E-state index contributed by atoms with van der Waals surface area (Å²) in [6.45, 7) is 0. The molecule has 0 bridgehead atoms. The van der Waals surface area contributed by atoms with Gasteiger partial charge in [0.05, 0.1) is 17.8 Å². The second kappa shape index (κ2) is 7.86. The topological polar surface area (TPSA) is 33.1 Å². The molecule has 4 nitrogen and oxygen atoms in total. The molecule has 28 heavy (non-hydrogen) atoms. The highest BCUT2D eigenvalue weighted by Gasteiger charge is 2.45. The third kappa shape index (κ3) is 3.24. The van der Waals surface area contributed by atoms with Crippen LogP contribution in [0.15, 0.2) is 42.7 Å². The van der Waals surface area contributed by atoms with Gasteiger partial charge in [0, 0.05) is 30.2 Å². The zero-order chi connectivity index (χ0) is 18.9. The summed E-state index contributed by atoms with van der Waals surface area (Å²) in [5.74, 6) is 0. The van der Waals surface area contributed by atoms with Crippen LogP contribution in [0.2, 0.25) is 0 Å². The highest BCUT2D eigenvalue weighted by Crippen LogP contribution is 2.44. The predicted octanol–water partition coefficient (Wildman–Crippen LogP) is 5.30. The fourth-order valence-electron chi connectivity index (χ4n) is 5.61. The van der Waals surface area contributed by atoms with E-state index in [1.165, 1.54) is 63.5 Å². The number of rotatable bonds is 4. The first-order chi connectivity index (χ1) is 13.8. The van der Waals surface area contributed by atoms with Crippen LogP contribution in [0.25, 0.3) is 0 Å². The summed E-state index contributed by atoms with van der Waals surface area (Å²) in [7, 11) is 0. The minimum Gasteiger partial charge on any atom is -0.352 e. The Bertz CT molecular complexity index is 805. The molecule has 148 valence electrons. The molecule has 0 aromatic carbocycles. The van der Waals surface area contributed by atoms with Crippen molar-refractivity contribution in [2.45, 2.75) is 82.0 Å². The standard InChI is InChI=1S/C23H30N4S/c28-23-25-21(19-13-6-7-15-24-19)22(27(23)18-11-4-5-12-18)20-14-8-16-26(20)17-9-2-1-3-10-17/h6-8,13-18,21-22H,1-5,9-12H2,(H,25,28)/t21-,22+/m0/s1. The van der Waals surface area contributed by atoms with Crippen LogP contribution in [0.5, 0.6) is 0 Å². The number of aromatic nitrogens is 2. The van der Waals surface area contributed by atoms with Gasteiger partial charge in [-0.2, -0.15) is 0 Å². The number of nitrogens with one attached hydrogen (secondary N) is 1. The van der Waals surface area contributed by atoms with E-state index in [0.717, 1.165) is 10.8 Å². The molecule has 2 aliphatic carbocycles. The molecule has 1 saturated heterocycles. The molecule has 0 amide bonds. The average molecular weight is 395 g/mol. The Balaban J connectivity index is 1.55. The highest BCUT2D eigenvalue weighted by atomic mass is 32.1. The first kappa shape index (κ1) is 18.2. The normalized spacial score (nSPS) is 26.7. The van der Waals surface area contributed by atoms with E-state index in [4.69, 9.17) is 17.2 Å². The van der Waals surface area contributed by atoms with Crippen LogP contribution in [0.3, 0.4) is 0 Å². The second-order valence-electron chi connectivity index (χ2n) is 8.60. The third-order valence-electron chi connectivity index (χ3n) is 6.94. The van der Waals surface area contributed by atoms with Crippen LogP contribution in [0, 0.1) is 0 Å². The van der Waals surface area contributed by atoms with Crippen LogP contribution in [0.1, 0.15) is 87.3 Å². The van der Waals surface area contributed by atoms with Crippen LogP contribution in [-0.4, -0.2) is 25.6 Å². The Morgan fingerprint density at radius 3 is 2.39 bits per heavy atom. The molecule has 5 heteroatoms. The minimum absolute atomic E-state index is 0.117. The fraction of sp³-hybridized carbons (Fsp3) is 0.565. The third-order valence-corrected chi connectivity index (χ3v) is 7.26. The monoisotopic (exact) mass is 394 g/mol. The molecule has 2 aromatic rings. The van der Waals surface area contributed by atoms with Gasteiger partial charge in [-0.3, -0.25) is 4.98 Å². The minimum atomic E-state index is 0.117. The van der Waals surface area contributed by atoms with E-state index in [2.05, 4.69) is 45.2 Å². The number of nitrogens with zero attached hydrogens (tertiary/aromatic N) is 3. The maximum Gasteiger partial charge on any atom is 0.170 e. The van der Waals surface area contributed by atoms with Gasteiger partial charge in [-0.1, -0.05) is 38.2 Å². The molecule has 5 rings (SSSR count). The molecule has 3 aliphatic rings. The Hall–Kier alpha value is -1.88. The molecule has 3 heterocycles. The second-order valence-corrected chi connectivity index (χ2v) is 8.99. The molecule has 0 radical (unpaired) electrons. The Morgan fingerprint density at radius 2 is 1.64 bits per heavy atom. The van der Waals surface area contributed by atoms with Crippen LogP contribution < -0.4 is 5.32 Å². The summed E-state index contributed by atoms with van der Waals surface area (Å²) >= 11 is 5.88. The van der Waals surface area contributed by atoms with Crippen LogP contribution in [-0.2, 0) is 0 Å². The molecule has 3 fully saturated rings. The van der Waals surface area contributed by atoms with Crippen molar-refractivity contribution >= 4 is 17.3 Å². The molecule has 2 atom stereocenters. The quantitative estimate of drug-likeness (QED) is 0.713. The maximum atomic E-state index is 5.88. The molecule has 2 saturated carbocycles. The van der Waals surface area contributed by atoms with Crippen molar-refractivity contribution in [3.05, 3.63) is 54.1 Å². The van der Waals surface area contributed by atoms with Gasteiger partial charge >= 0.3 is 0 Å². The summed E-state index contributed by atoms with van der Waals surface area (Å²) in [5.41, 5.74) is 2.49. The van der Waals surface area contributed by atoms with Gasteiger partial charge in [0.1, 0.15) is 0 Å². The van der Waals surface area contributed by atoms with Gasteiger partial charge in [0.25, 0.3) is 0 Å². The van der Waals surface area contributed by atoms with Crippen molar-refractivity contribution in [2.24, 2.45) is 0 Å². The molecule has 0 spiro atoms. The number of hydrogen-bond donors (Lipinski definition) is 1. The van der Waals surface area contributed by atoms with Gasteiger partial charge in [0.2, 0.25) is 0 Å². The maximum absolute atomic E-state index is 5.88. The molecule has 2 aromatic heterocycles. The van der Waals surface area contributed by atoms with E-state index in [9.17, 15) is 0 Å². The summed E-state index contributed by atoms with van der Waals surface area (Å²) in [6.07, 6.45) is 16.0.